The van der Waals surface area contributed by atoms with Crippen molar-refractivity contribution in [3.8, 4) is 0 Å². The zero-order valence-corrected chi connectivity index (χ0v) is 10.7. The van der Waals surface area contributed by atoms with Gasteiger partial charge in [0, 0.05) is 29.4 Å². The zero-order chi connectivity index (χ0) is 12.8. The fraction of sp³-hybridized carbons (Fsp3) is 0.357. The third kappa shape index (κ3) is 3.71. The van der Waals surface area contributed by atoms with Gasteiger partial charge in [-0.25, -0.2) is 0 Å². The van der Waals surface area contributed by atoms with Crippen LogP contribution >= 0.6 is 0 Å². The molecule has 1 rings (SSSR count). The van der Waals surface area contributed by atoms with Crippen LogP contribution < -0.4 is 11.1 Å². The maximum absolute atomic E-state index is 11.9. The van der Waals surface area contributed by atoms with Gasteiger partial charge in [0.05, 0.1) is 0 Å². The Labute approximate surface area is 103 Å². The number of para-hydroxylation sites is 1. The predicted octanol–water partition coefficient (Wildman–Crippen LogP) is 2.56. The molecule has 0 aliphatic rings. The van der Waals surface area contributed by atoms with Gasteiger partial charge in [-0.3, -0.25) is 4.79 Å². The highest BCUT2D eigenvalue weighted by Crippen LogP contribution is 2.14. The number of hydrogen-bond donors (Lipinski definition) is 2. The Morgan fingerprint density at radius 1 is 1.29 bits per heavy atom. The van der Waals surface area contributed by atoms with Gasteiger partial charge in [0.15, 0.2) is 5.78 Å². The van der Waals surface area contributed by atoms with Crippen LogP contribution in [-0.4, -0.2) is 12.3 Å². The van der Waals surface area contributed by atoms with E-state index in [0.29, 0.717) is 5.57 Å². The maximum atomic E-state index is 11.9. The first kappa shape index (κ1) is 13.5. The van der Waals surface area contributed by atoms with E-state index in [1.807, 2.05) is 51.1 Å². The Morgan fingerprint density at radius 2 is 1.88 bits per heavy atom. The molecule has 1 aromatic carbocycles. The van der Waals surface area contributed by atoms with Gasteiger partial charge >= 0.3 is 0 Å². The van der Waals surface area contributed by atoms with E-state index in [0.717, 1.165) is 11.4 Å². The molecule has 0 spiro atoms. The van der Waals surface area contributed by atoms with Crippen molar-refractivity contribution in [1.82, 2.24) is 0 Å². The average molecular weight is 232 g/mol. The second-order valence-corrected chi connectivity index (χ2v) is 4.32. The van der Waals surface area contributed by atoms with Crippen LogP contribution in [0.4, 0.5) is 5.69 Å². The highest BCUT2D eigenvalue weighted by Gasteiger charge is 2.15. The van der Waals surface area contributed by atoms with Gasteiger partial charge in [0.25, 0.3) is 0 Å². The van der Waals surface area contributed by atoms with Crippen molar-refractivity contribution in [1.29, 1.82) is 0 Å². The van der Waals surface area contributed by atoms with Crippen LogP contribution in [0.25, 0.3) is 0 Å². The van der Waals surface area contributed by atoms with Gasteiger partial charge < -0.3 is 11.1 Å². The van der Waals surface area contributed by atoms with Crippen molar-refractivity contribution in [3.05, 3.63) is 41.6 Å². The molecule has 0 aliphatic heterocycles. The van der Waals surface area contributed by atoms with Crippen LogP contribution in [0.1, 0.15) is 20.8 Å². The van der Waals surface area contributed by atoms with Crippen LogP contribution in [0.2, 0.25) is 0 Å². The lowest BCUT2D eigenvalue weighted by Crippen LogP contribution is -2.21. The molecule has 0 aliphatic carbocycles. The number of carbonyl (C=O) groups is 1. The first-order valence-corrected chi connectivity index (χ1v) is 5.82. The van der Waals surface area contributed by atoms with Crippen molar-refractivity contribution in [3.63, 3.8) is 0 Å². The molecular formula is C14H20N2O. The number of hydrogen-bond acceptors (Lipinski definition) is 3. The highest BCUT2D eigenvalue weighted by atomic mass is 16.1. The number of rotatable bonds is 5. The number of nitrogens with one attached hydrogen (secondary N) is 1. The molecule has 0 amide bonds. The summed E-state index contributed by atoms with van der Waals surface area (Å²) in [5.41, 5.74) is 8.11. The first-order chi connectivity index (χ1) is 8.06. The molecule has 0 saturated heterocycles. The van der Waals surface area contributed by atoms with Gasteiger partial charge in [0.1, 0.15) is 0 Å². The van der Waals surface area contributed by atoms with E-state index in [1.165, 1.54) is 0 Å². The van der Waals surface area contributed by atoms with Crippen molar-refractivity contribution in [2.75, 3.05) is 11.9 Å². The molecule has 0 atom stereocenters. The van der Waals surface area contributed by atoms with Crippen molar-refractivity contribution < 1.29 is 4.79 Å². The smallest absolute Gasteiger partial charge is 0.164 e. The summed E-state index contributed by atoms with van der Waals surface area (Å²) in [6.45, 7) is 5.92. The van der Waals surface area contributed by atoms with E-state index in [-0.39, 0.29) is 18.2 Å². The molecule has 0 bridgehead atoms. The van der Waals surface area contributed by atoms with Crippen molar-refractivity contribution >= 4 is 11.5 Å². The van der Waals surface area contributed by atoms with Gasteiger partial charge in [-0.2, -0.15) is 0 Å². The summed E-state index contributed by atoms with van der Waals surface area (Å²) >= 11 is 0. The van der Waals surface area contributed by atoms with E-state index in [4.69, 9.17) is 5.73 Å². The number of anilines is 1. The predicted molar refractivity (Wildman–Crippen MR) is 71.7 cm³/mol. The van der Waals surface area contributed by atoms with E-state index >= 15 is 0 Å². The number of benzene rings is 1. The van der Waals surface area contributed by atoms with Crippen LogP contribution in [0.5, 0.6) is 0 Å². The minimum Gasteiger partial charge on any atom is -0.359 e. The monoisotopic (exact) mass is 232 g/mol. The Hall–Kier alpha value is -1.61. The second-order valence-electron chi connectivity index (χ2n) is 4.32. The lowest BCUT2D eigenvalue weighted by molar-refractivity contribution is -0.118. The molecule has 0 unspecified atom stereocenters. The topological polar surface area (TPSA) is 55.1 Å². The maximum Gasteiger partial charge on any atom is 0.164 e. The van der Waals surface area contributed by atoms with E-state index in [2.05, 4.69) is 5.32 Å². The first-order valence-electron chi connectivity index (χ1n) is 5.82. The SMILES string of the molecule is C/C(Nc1ccccc1)=C(/CN)C(=O)C(C)C. The summed E-state index contributed by atoms with van der Waals surface area (Å²) in [6, 6.07) is 9.76. The van der Waals surface area contributed by atoms with Crippen LogP contribution in [0.15, 0.2) is 41.6 Å². The Kier molecular flexibility index (Phi) is 4.91. The number of nitrogens with two attached hydrogens (primary N) is 1. The summed E-state index contributed by atoms with van der Waals surface area (Å²) in [5, 5.41) is 3.21. The molecule has 3 heteroatoms. The number of allylic oxidation sites excluding steroid dienone is 1. The minimum atomic E-state index is -0.0268. The molecule has 1 aromatic rings. The quantitative estimate of drug-likeness (QED) is 0.767. The lowest BCUT2D eigenvalue weighted by Gasteiger charge is -2.13. The largest absolute Gasteiger partial charge is 0.359 e. The van der Waals surface area contributed by atoms with Crippen LogP contribution in [0, 0.1) is 5.92 Å². The third-order valence-electron chi connectivity index (χ3n) is 2.58. The molecule has 0 saturated carbocycles. The highest BCUT2D eigenvalue weighted by molar-refractivity contribution is 5.98. The molecular weight excluding hydrogens is 212 g/mol. The minimum absolute atomic E-state index is 0.0268. The molecule has 0 heterocycles. The summed E-state index contributed by atoms with van der Waals surface area (Å²) in [4.78, 5) is 11.9. The molecule has 3 N–H and O–H groups in total. The average Bonchev–Trinajstić information content (AvgIpc) is 2.30. The lowest BCUT2D eigenvalue weighted by atomic mass is 9.99. The molecule has 17 heavy (non-hydrogen) atoms. The normalized spacial score (nSPS) is 12.3. The summed E-state index contributed by atoms with van der Waals surface area (Å²) in [5.74, 6) is 0.0782. The number of ketones is 1. The zero-order valence-electron chi connectivity index (χ0n) is 10.7. The molecule has 0 fully saturated rings. The third-order valence-corrected chi connectivity index (χ3v) is 2.58. The molecule has 92 valence electrons. The fourth-order valence-electron chi connectivity index (χ4n) is 1.60. The summed E-state index contributed by atoms with van der Waals surface area (Å²) in [7, 11) is 0. The van der Waals surface area contributed by atoms with Gasteiger partial charge in [-0.05, 0) is 19.1 Å². The summed E-state index contributed by atoms with van der Waals surface area (Å²) < 4.78 is 0. The Balaban J connectivity index is 2.91. The second kappa shape index (κ2) is 6.21. The van der Waals surface area contributed by atoms with Crippen LogP contribution in [-0.2, 0) is 4.79 Å². The molecule has 0 aromatic heterocycles. The number of carbonyl (C=O) groups excluding carboxylic acids is 1. The number of Topliss-reactive ketones (excluding diaryl/α,β-unsaturated/α-hetero) is 1. The van der Waals surface area contributed by atoms with E-state index in [9.17, 15) is 4.79 Å². The van der Waals surface area contributed by atoms with E-state index < -0.39 is 0 Å². The van der Waals surface area contributed by atoms with Gasteiger partial charge in [0.2, 0.25) is 0 Å². The van der Waals surface area contributed by atoms with Gasteiger partial charge in [-0.1, -0.05) is 32.0 Å². The van der Waals surface area contributed by atoms with Crippen LogP contribution in [0.3, 0.4) is 0 Å². The molecule has 3 nitrogen and oxygen atoms in total. The van der Waals surface area contributed by atoms with Crippen molar-refractivity contribution in [2.24, 2.45) is 11.7 Å². The Morgan fingerprint density at radius 3 is 2.35 bits per heavy atom. The molecule has 0 radical (unpaired) electrons. The fourth-order valence-corrected chi connectivity index (χ4v) is 1.60. The standard InChI is InChI=1S/C14H20N2O/c1-10(2)14(17)13(9-15)11(3)16-12-7-5-4-6-8-12/h4-8,10,16H,9,15H2,1-3H3/b13-11+. The van der Waals surface area contributed by atoms with Crippen molar-refractivity contribution in [2.45, 2.75) is 20.8 Å². The summed E-state index contributed by atoms with van der Waals surface area (Å²) in [6.07, 6.45) is 0. The Bertz CT molecular complexity index is 407. The van der Waals surface area contributed by atoms with E-state index in [1.54, 1.807) is 0 Å². The van der Waals surface area contributed by atoms with Gasteiger partial charge in [-0.15, -0.1) is 0 Å².